The fourth-order valence-corrected chi connectivity index (χ4v) is 3.25. The zero-order valence-electron chi connectivity index (χ0n) is 18.2. The van der Waals surface area contributed by atoms with Crippen LogP contribution in [-0.4, -0.2) is 45.5 Å². The predicted molar refractivity (Wildman–Crippen MR) is 120 cm³/mol. The first kappa shape index (κ1) is 23.0. The number of benzene rings is 2. The van der Waals surface area contributed by atoms with Crippen molar-refractivity contribution in [2.24, 2.45) is 5.92 Å². The summed E-state index contributed by atoms with van der Waals surface area (Å²) in [6.45, 7) is 3.93. The first-order chi connectivity index (χ1) is 15.3. The largest absolute Gasteiger partial charge is 0.465 e. The summed E-state index contributed by atoms with van der Waals surface area (Å²) in [6, 6.07) is 14.7. The van der Waals surface area contributed by atoms with E-state index in [-0.39, 0.29) is 24.8 Å². The number of carboxylic acid groups (broad SMARTS) is 1. The van der Waals surface area contributed by atoms with Gasteiger partial charge < -0.3 is 14.8 Å². The maximum absolute atomic E-state index is 13.2. The molecular formula is C24H27N3O5. The highest BCUT2D eigenvalue weighted by molar-refractivity contribution is 6.01. The van der Waals surface area contributed by atoms with E-state index in [9.17, 15) is 19.5 Å². The first-order valence-electron chi connectivity index (χ1n) is 10.6. The fourth-order valence-electron chi connectivity index (χ4n) is 3.25. The van der Waals surface area contributed by atoms with Gasteiger partial charge in [0.15, 0.2) is 5.58 Å². The number of ketones is 1. The monoisotopic (exact) mass is 437 g/mol. The maximum atomic E-state index is 13.2. The van der Waals surface area contributed by atoms with Crippen LogP contribution in [0.4, 0.5) is 9.59 Å². The van der Waals surface area contributed by atoms with Crippen molar-refractivity contribution >= 4 is 29.0 Å². The van der Waals surface area contributed by atoms with Crippen LogP contribution in [0.1, 0.15) is 42.9 Å². The Morgan fingerprint density at radius 3 is 2.38 bits per heavy atom. The zero-order chi connectivity index (χ0) is 23.1. The molecule has 32 heavy (non-hydrogen) atoms. The number of Topliss-reactive ketones (excluding diaryl/α,β-unsaturated/α-hetero) is 1. The third-order valence-electron chi connectivity index (χ3n) is 5.09. The van der Waals surface area contributed by atoms with E-state index in [0.29, 0.717) is 28.8 Å². The van der Waals surface area contributed by atoms with Crippen LogP contribution in [0.3, 0.4) is 0 Å². The number of rotatable bonds is 9. The number of amides is 3. The van der Waals surface area contributed by atoms with E-state index in [2.05, 4.69) is 10.3 Å². The summed E-state index contributed by atoms with van der Waals surface area (Å²) in [6.07, 6.45) is -0.0609. The summed E-state index contributed by atoms with van der Waals surface area (Å²) in [7, 11) is 0. The molecule has 3 rings (SSSR count). The number of imide groups is 1. The molecule has 8 heteroatoms. The van der Waals surface area contributed by atoms with E-state index in [0.717, 1.165) is 5.56 Å². The van der Waals surface area contributed by atoms with Gasteiger partial charge in [-0.1, -0.05) is 56.3 Å². The highest BCUT2D eigenvalue weighted by Gasteiger charge is 2.30. The summed E-state index contributed by atoms with van der Waals surface area (Å²) in [4.78, 5) is 42.5. The van der Waals surface area contributed by atoms with Gasteiger partial charge in [0, 0.05) is 6.54 Å². The van der Waals surface area contributed by atoms with Gasteiger partial charge >= 0.3 is 12.1 Å². The number of nitrogens with zero attached hydrogens (tertiary/aromatic N) is 2. The molecule has 0 aliphatic carbocycles. The van der Waals surface area contributed by atoms with E-state index in [1.54, 1.807) is 24.3 Å². The second-order valence-electron chi connectivity index (χ2n) is 7.99. The Hall–Kier alpha value is -3.68. The standard InChI is InChI=1S/C24H27N3O5/c1-16(2)14-15-27(24(30)31)23(29)26-19(13-12-17-8-4-3-5-9-17)21(28)22-25-18-10-6-7-11-20(18)32-22/h3-11,16,19H,12-15H2,1-2H3,(H,26,29)(H,30,31)/t19-/m0/s1. The Morgan fingerprint density at radius 2 is 1.72 bits per heavy atom. The summed E-state index contributed by atoms with van der Waals surface area (Å²) in [5.74, 6) is -0.395. The van der Waals surface area contributed by atoms with Gasteiger partial charge in [-0.3, -0.25) is 4.79 Å². The van der Waals surface area contributed by atoms with Crippen molar-refractivity contribution in [2.45, 2.75) is 39.2 Å². The van der Waals surface area contributed by atoms with Gasteiger partial charge in [0.2, 0.25) is 5.78 Å². The Labute approximate surface area is 186 Å². The molecule has 168 valence electrons. The van der Waals surface area contributed by atoms with Gasteiger partial charge in [0.25, 0.3) is 5.89 Å². The third-order valence-corrected chi connectivity index (χ3v) is 5.09. The van der Waals surface area contributed by atoms with Crippen molar-refractivity contribution in [3.63, 3.8) is 0 Å². The van der Waals surface area contributed by atoms with Gasteiger partial charge in [0.05, 0.1) is 6.04 Å². The van der Waals surface area contributed by atoms with Crippen LogP contribution in [0.2, 0.25) is 0 Å². The molecule has 0 saturated heterocycles. The minimum atomic E-state index is -1.36. The van der Waals surface area contributed by atoms with Crippen LogP contribution >= 0.6 is 0 Å². The second kappa shape index (κ2) is 10.6. The number of para-hydroxylation sites is 2. The lowest BCUT2D eigenvalue weighted by atomic mass is 10.0. The normalized spacial score (nSPS) is 12.0. The van der Waals surface area contributed by atoms with Gasteiger partial charge in [0.1, 0.15) is 5.52 Å². The molecule has 0 aliphatic heterocycles. The number of nitrogens with one attached hydrogen (secondary N) is 1. The number of hydrogen-bond acceptors (Lipinski definition) is 5. The molecule has 0 unspecified atom stereocenters. The Morgan fingerprint density at radius 1 is 1.03 bits per heavy atom. The van der Waals surface area contributed by atoms with E-state index in [1.807, 2.05) is 44.2 Å². The third kappa shape index (κ3) is 5.94. The molecule has 0 bridgehead atoms. The topological polar surface area (TPSA) is 113 Å². The number of hydrogen-bond donors (Lipinski definition) is 2. The zero-order valence-corrected chi connectivity index (χ0v) is 18.2. The van der Waals surface area contributed by atoms with Crippen LogP contribution in [0.5, 0.6) is 0 Å². The van der Waals surface area contributed by atoms with Crippen LogP contribution < -0.4 is 5.32 Å². The van der Waals surface area contributed by atoms with Crippen molar-refractivity contribution in [3.8, 4) is 0 Å². The molecule has 0 radical (unpaired) electrons. The molecular weight excluding hydrogens is 410 g/mol. The maximum Gasteiger partial charge on any atom is 0.415 e. The molecule has 0 aliphatic rings. The van der Waals surface area contributed by atoms with E-state index in [4.69, 9.17) is 4.42 Å². The number of fused-ring (bicyclic) bond motifs is 1. The molecule has 3 amide bonds. The smallest absolute Gasteiger partial charge is 0.415 e. The summed E-state index contributed by atoms with van der Waals surface area (Å²) in [5.41, 5.74) is 1.99. The van der Waals surface area contributed by atoms with Crippen molar-refractivity contribution in [3.05, 3.63) is 66.1 Å². The van der Waals surface area contributed by atoms with Crippen molar-refractivity contribution in [1.82, 2.24) is 15.2 Å². The van der Waals surface area contributed by atoms with Gasteiger partial charge in [-0.05, 0) is 42.9 Å². The van der Waals surface area contributed by atoms with Crippen molar-refractivity contribution < 1.29 is 23.9 Å². The molecule has 0 fully saturated rings. The molecule has 0 spiro atoms. The minimum Gasteiger partial charge on any atom is -0.465 e. The lowest BCUT2D eigenvalue weighted by molar-refractivity contribution is 0.0899. The van der Waals surface area contributed by atoms with Gasteiger partial charge in [-0.15, -0.1) is 0 Å². The average Bonchev–Trinajstić information content (AvgIpc) is 3.21. The Balaban J connectivity index is 1.81. The number of aromatic nitrogens is 1. The summed E-state index contributed by atoms with van der Waals surface area (Å²) in [5, 5.41) is 12.1. The molecule has 1 atom stereocenters. The predicted octanol–water partition coefficient (Wildman–Crippen LogP) is 4.75. The van der Waals surface area contributed by atoms with E-state index < -0.39 is 23.9 Å². The average molecular weight is 437 g/mol. The number of urea groups is 1. The first-order valence-corrected chi connectivity index (χ1v) is 10.6. The van der Waals surface area contributed by atoms with Crippen LogP contribution in [0.15, 0.2) is 59.0 Å². The second-order valence-corrected chi connectivity index (χ2v) is 7.99. The Kier molecular flexibility index (Phi) is 7.59. The van der Waals surface area contributed by atoms with E-state index >= 15 is 0 Å². The van der Waals surface area contributed by atoms with E-state index in [1.165, 1.54) is 0 Å². The number of aryl methyl sites for hydroxylation is 1. The van der Waals surface area contributed by atoms with Crippen LogP contribution in [0.25, 0.3) is 11.1 Å². The molecule has 2 N–H and O–H groups in total. The highest BCUT2D eigenvalue weighted by atomic mass is 16.4. The van der Waals surface area contributed by atoms with Crippen molar-refractivity contribution in [1.29, 1.82) is 0 Å². The molecule has 3 aromatic rings. The number of oxazole rings is 1. The molecule has 2 aromatic carbocycles. The van der Waals surface area contributed by atoms with Crippen LogP contribution in [-0.2, 0) is 6.42 Å². The molecule has 8 nitrogen and oxygen atoms in total. The van der Waals surface area contributed by atoms with Crippen molar-refractivity contribution in [2.75, 3.05) is 6.54 Å². The quantitative estimate of drug-likeness (QED) is 0.467. The van der Waals surface area contributed by atoms with Gasteiger partial charge in [-0.25, -0.2) is 19.5 Å². The number of carbonyl (C=O) groups excluding carboxylic acids is 2. The lowest BCUT2D eigenvalue weighted by Gasteiger charge is -2.22. The fraction of sp³-hybridized carbons (Fsp3) is 0.333. The minimum absolute atomic E-state index is 0.0430. The molecule has 1 aromatic heterocycles. The van der Waals surface area contributed by atoms with Gasteiger partial charge in [-0.2, -0.15) is 0 Å². The molecule has 0 saturated carbocycles. The highest BCUT2D eigenvalue weighted by Crippen LogP contribution is 2.18. The summed E-state index contributed by atoms with van der Waals surface area (Å²) >= 11 is 0. The van der Waals surface area contributed by atoms with Crippen LogP contribution in [0, 0.1) is 5.92 Å². The lowest BCUT2D eigenvalue weighted by Crippen LogP contribution is -2.50. The number of carbonyl (C=O) groups is 3. The molecule has 1 heterocycles. The Bertz CT molecular complexity index is 1040. The SMILES string of the molecule is CC(C)CCN(C(=O)O)C(=O)N[C@@H](CCc1ccccc1)C(=O)c1nc2ccccc2o1. The summed E-state index contributed by atoms with van der Waals surface area (Å²) < 4.78 is 5.59.